The number of nitrogens with zero attached hydrogens (tertiary/aromatic N) is 1. The van der Waals surface area contributed by atoms with Crippen molar-refractivity contribution < 1.29 is 0 Å². The van der Waals surface area contributed by atoms with Crippen molar-refractivity contribution in [2.24, 2.45) is 5.73 Å². The van der Waals surface area contributed by atoms with Crippen LogP contribution in [0.25, 0.3) is 0 Å². The molecule has 0 radical (unpaired) electrons. The molecule has 2 N–H and O–H groups in total. The zero-order chi connectivity index (χ0) is 14.3. The molecule has 0 amide bonds. The number of benzene rings is 2. The second-order valence-corrected chi connectivity index (χ2v) is 6.13. The Morgan fingerprint density at radius 2 is 1.75 bits per heavy atom. The Morgan fingerprint density at radius 3 is 2.50 bits per heavy atom. The maximum absolute atomic E-state index is 6.29. The first-order chi connectivity index (χ1) is 9.56. The third kappa shape index (κ3) is 2.54. The Balaban J connectivity index is 1.87. The lowest BCUT2D eigenvalue weighted by Gasteiger charge is -2.21. The van der Waals surface area contributed by atoms with E-state index in [0.29, 0.717) is 16.6 Å². The van der Waals surface area contributed by atoms with Crippen LogP contribution in [0.15, 0.2) is 36.4 Å². The van der Waals surface area contributed by atoms with Crippen LogP contribution in [-0.4, -0.2) is 4.90 Å². The van der Waals surface area contributed by atoms with Crippen LogP contribution in [0, 0.1) is 0 Å². The number of nitrogens with two attached hydrogens (primary N) is 1. The third-order valence-electron chi connectivity index (χ3n) is 3.60. The molecule has 20 heavy (non-hydrogen) atoms. The van der Waals surface area contributed by atoms with Gasteiger partial charge >= 0.3 is 0 Å². The van der Waals surface area contributed by atoms with Gasteiger partial charge in [0.15, 0.2) is 0 Å². The Hall–Kier alpha value is -0.770. The highest BCUT2D eigenvalue weighted by Gasteiger charge is 2.28. The largest absolute Gasteiger partial charge is 0.312 e. The van der Waals surface area contributed by atoms with Gasteiger partial charge in [0, 0.05) is 18.1 Å². The van der Waals surface area contributed by atoms with Crippen molar-refractivity contribution in [2.45, 2.75) is 19.3 Å². The van der Waals surface area contributed by atoms with Gasteiger partial charge in [-0.05, 0) is 34.9 Å². The van der Waals surface area contributed by atoms with E-state index in [0.717, 1.165) is 28.3 Å². The predicted octanol–water partition coefficient (Wildman–Crippen LogP) is 4.62. The lowest BCUT2D eigenvalue weighted by Crippen LogP contribution is -2.27. The van der Waals surface area contributed by atoms with E-state index in [1.807, 2.05) is 36.4 Å². The molecule has 1 unspecified atom stereocenters. The number of rotatable bonds is 2. The second-order valence-electron chi connectivity index (χ2n) is 4.91. The molecular weight excluding hydrogens is 315 g/mol. The van der Waals surface area contributed by atoms with E-state index in [4.69, 9.17) is 40.5 Å². The highest BCUT2D eigenvalue weighted by molar-refractivity contribution is 6.42. The Morgan fingerprint density at radius 1 is 1.05 bits per heavy atom. The zero-order valence-electron chi connectivity index (χ0n) is 10.6. The van der Waals surface area contributed by atoms with Crippen molar-refractivity contribution in [1.82, 2.24) is 4.90 Å². The fourth-order valence-corrected chi connectivity index (χ4v) is 3.08. The predicted molar refractivity (Wildman–Crippen MR) is 84.1 cm³/mol. The standard InChI is InChI=1S/C15H13Cl3N2/c16-12-4-2-1-3-9(12)7-20-8-10-5-13(17)14(18)6-11(10)15(20)19/h1-6,15H,7-8,19H2. The van der Waals surface area contributed by atoms with Crippen molar-refractivity contribution in [3.63, 3.8) is 0 Å². The molecule has 5 heteroatoms. The third-order valence-corrected chi connectivity index (χ3v) is 4.69. The zero-order valence-corrected chi connectivity index (χ0v) is 12.9. The Labute approximate surface area is 133 Å². The van der Waals surface area contributed by atoms with Crippen LogP contribution in [0.1, 0.15) is 22.9 Å². The molecule has 2 nitrogen and oxygen atoms in total. The molecule has 3 rings (SSSR count). The van der Waals surface area contributed by atoms with Gasteiger partial charge in [-0.2, -0.15) is 0 Å². The summed E-state index contributed by atoms with van der Waals surface area (Å²) in [4.78, 5) is 2.15. The first-order valence-electron chi connectivity index (χ1n) is 6.27. The number of fused-ring (bicyclic) bond motifs is 1. The molecule has 2 aromatic carbocycles. The summed E-state index contributed by atoms with van der Waals surface area (Å²) in [5, 5.41) is 1.87. The van der Waals surface area contributed by atoms with Crippen LogP contribution < -0.4 is 5.73 Å². The lowest BCUT2D eigenvalue weighted by molar-refractivity contribution is 0.211. The van der Waals surface area contributed by atoms with Crippen LogP contribution in [0.3, 0.4) is 0 Å². The maximum Gasteiger partial charge on any atom is 0.0844 e. The van der Waals surface area contributed by atoms with E-state index >= 15 is 0 Å². The molecule has 0 aromatic heterocycles. The minimum atomic E-state index is -0.184. The Bertz CT molecular complexity index is 658. The molecule has 0 saturated heterocycles. The van der Waals surface area contributed by atoms with Gasteiger partial charge in [-0.3, -0.25) is 4.90 Å². The average molecular weight is 328 g/mol. The summed E-state index contributed by atoms with van der Waals surface area (Å²) in [6.07, 6.45) is -0.184. The van der Waals surface area contributed by atoms with Gasteiger partial charge in [-0.25, -0.2) is 0 Å². The van der Waals surface area contributed by atoms with Crippen molar-refractivity contribution in [2.75, 3.05) is 0 Å². The van der Waals surface area contributed by atoms with Crippen LogP contribution in [-0.2, 0) is 13.1 Å². The van der Waals surface area contributed by atoms with Crippen molar-refractivity contribution >= 4 is 34.8 Å². The van der Waals surface area contributed by atoms with Crippen LogP contribution >= 0.6 is 34.8 Å². The van der Waals surface area contributed by atoms with Gasteiger partial charge in [0.1, 0.15) is 0 Å². The van der Waals surface area contributed by atoms with Gasteiger partial charge in [0.25, 0.3) is 0 Å². The van der Waals surface area contributed by atoms with Gasteiger partial charge in [0.05, 0.1) is 16.2 Å². The quantitative estimate of drug-likeness (QED) is 0.872. The number of hydrogen-bond donors (Lipinski definition) is 1. The molecule has 1 aliphatic heterocycles. The van der Waals surface area contributed by atoms with Crippen molar-refractivity contribution in [1.29, 1.82) is 0 Å². The van der Waals surface area contributed by atoms with Crippen LogP contribution in [0.5, 0.6) is 0 Å². The average Bonchev–Trinajstić information content (AvgIpc) is 2.70. The highest BCUT2D eigenvalue weighted by atomic mass is 35.5. The van der Waals surface area contributed by atoms with E-state index in [2.05, 4.69) is 4.90 Å². The number of halogens is 3. The first-order valence-corrected chi connectivity index (χ1v) is 7.40. The topological polar surface area (TPSA) is 29.3 Å². The molecular formula is C15H13Cl3N2. The number of hydrogen-bond acceptors (Lipinski definition) is 2. The molecule has 0 bridgehead atoms. The SMILES string of the molecule is NC1c2cc(Cl)c(Cl)cc2CN1Cc1ccccc1Cl. The van der Waals surface area contributed by atoms with Gasteiger partial charge < -0.3 is 5.73 Å². The highest BCUT2D eigenvalue weighted by Crippen LogP contribution is 2.37. The summed E-state index contributed by atoms with van der Waals surface area (Å²) in [5.41, 5.74) is 9.51. The summed E-state index contributed by atoms with van der Waals surface area (Å²) in [6.45, 7) is 1.45. The first kappa shape index (κ1) is 14.2. The van der Waals surface area contributed by atoms with Gasteiger partial charge in [0.2, 0.25) is 0 Å². The smallest absolute Gasteiger partial charge is 0.0844 e. The molecule has 0 spiro atoms. The lowest BCUT2D eigenvalue weighted by atomic mass is 10.1. The van der Waals surface area contributed by atoms with E-state index < -0.39 is 0 Å². The summed E-state index contributed by atoms with van der Waals surface area (Å²) >= 11 is 18.3. The monoisotopic (exact) mass is 326 g/mol. The molecule has 2 aromatic rings. The summed E-state index contributed by atoms with van der Waals surface area (Å²) in [5.74, 6) is 0. The van der Waals surface area contributed by atoms with Crippen molar-refractivity contribution in [3.05, 3.63) is 68.2 Å². The maximum atomic E-state index is 6.29. The van der Waals surface area contributed by atoms with E-state index in [-0.39, 0.29) is 6.17 Å². The molecule has 1 heterocycles. The fourth-order valence-electron chi connectivity index (χ4n) is 2.53. The summed E-state index contributed by atoms with van der Waals surface area (Å²) < 4.78 is 0. The minimum Gasteiger partial charge on any atom is -0.312 e. The Kier molecular flexibility index (Phi) is 3.93. The minimum absolute atomic E-state index is 0.184. The van der Waals surface area contributed by atoms with E-state index in [9.17, 15) is 0 Å². The summed E-state index contributed by atoms with van der Waals surface area (Å²) in [7, 11) is 0. The molecule has 0 saturated carbocycles. The van der Waals surface area contributed by atoms with Crippen LogP contribution in [0.2, 0.25) is 15.1 Å². The van der Waals surface area contributed by atoms with Gasteiger partial charge in [-0.1, -0.05) is 53.0 Å². The molecule has 0 fully saturated rings. The molecule has 104 valence electrons. The fraction of sp³-hybridized carbons (Fsp3) is 0.200. The van der Waals surface area contributed by atoms with Gasteiger partial charge in [-0.15, -0.1) is 0 Å². The normalized spacial score (nSPS) is 18.3. The molecule has 1 atom stereocenters. The van der Waals surface area contributed by atoms with Crippen molar-refractivity contribution in [3.8, 4) is 0 Å². The van der Waals surface area contributed by atoms with Crippen LogP contribution in [0.4, 0.5) is 0 Å². The molecule has 0 aliphatic carbocycles. The summed E-state index contributed by atoms with van der Waals surface area (Å²) in [6, 6.07) is 11.5. The van der Waals surface area contributed by atoms with E-state index in [1.54, 1.807) is 0 Å². The molecule has 1 aliphatic rings. The van der Waals surface area contributed by atoms with E-state index in [1.165, 1.54) is 0 Å². The second kappa shape index (κ2) is 5.55.